The van der Waals surface area contributed by atoms with Gasteiger partial charge in [0, 0.05) is 30.6 Å². The van der Waals surface area contributed by atoms with E-state index in [9.17, 15) is 24.5 Å². The van der Waals surface area contributed by atoms with Gasteiger partial charge in [0.1, 0.15) is 6.10 Å². The van der Waals surface area contributed by atoms with Gasteiger partial charge in [-0.2, -0.15) is 0 Å². The lowest BCUT2D eigenvalue weighted by Gasteiger charge is -2.67. The Balaban J connectivity index is 1.53. The molecule has 10 unspecified atom stereocenters. The van der Waals surface area contributed by atoms with Gasteiger partial charge in [-0.15, -0.1) is 0 Å². The molecule has 0 aromatic heterocycles. The minimum absolute atomic E-state index is 0.00960. The van der Waals surface area contributed by atoms with Crippen LogP contribution in [-0.2, 0) is 23.9 Å². The predicted molar refractivity (Wildman–Crippen MR) is 153 cm³/mol. The summed E-state index contributed by atoms with van der Waals surface area (Å²) >= 11 is 0. The van der Waals surface area contributed by atoms with Crippen LogP contribution in [0.3, 0.4) is 0 Å². The first kappa shape index (κ1) is 30.2. The Labute approximate surface area is 244 Å². The van der Waals surface area contributed by atoms with E-state index in [1.807, 2.05) is 0 Å². The quantitative estimate of drug-likeness (QED) is 0.208. The van der Waals surface area contributed by atoms with E-state index in [1.165, 1.54) is 13.8 Å². The molecule has 0 heterocycles. The number of carbonyl (C=O) groups excluding carboxylic acids is 3. The minimum Gasteiger partial charge on any atom is -0.462 e. The molecule has 4 fully saturated rings. The van der Waals surface area contributed by atoms with Gasteiger partial charge in [-0.3, -0.25) is 24.5 Å². The fourth-order valence-corrected chi connectivity index (χ4v) is 11.4. The second kappa shape index (κ2) is 10.5. The van der Waals surface area contributed by atoms with Crippen LogP contribution in [0.5, 0.6) is 0 Å². The monoisotopic (exact) mass is 571 g/mol. The second-order valence-corrected chi connectivity index (χ2v) is 14.9. The van der Waals surface area contributed by atoms with Gasteiger partial charge in [0.15, 0.2) is 11.9 Å². The molecule has 0 amide bonds. The van der Waals surface area contributed by atoms with E-state index in [0.29, 0.717) is 30.1 Å². The smallest absolute Gasteiger partial charge is 0.303 e. The molecule has 41 heavy (non-hydrogen) atoms. The number of nitro groups is 1. The molecule has 5 rings (SSSR count). The van der Waals surface area contributed by atoms with Crippen LogP contribution in [0.2, 0.25) is 0 Å². The maximum Gasteiger partial charge on any atom is 0.303 e. The summed E-state index contributed by atoms with van der Waals surface area (Å²) in [6.07, 6.45) is 6.98. The van der Waals surface area contributed by atoms with Crippen molar-refractivity contribution in [2.75, 3.05) is 6.54 Å². The highest BCUT2D eigenvalue weighted by Crippen LogP contribution is 2.72. The van der Waals surface area contributed by atoms with Gasteiger partial charge >= 0.3 is 11.9 Å². The Morgan fingerprint density at radius 2 is 1.61 bits per heavy atom. The third-order valence-corrected chi connectivity index (χ3v) is 12.7. The predicted octanol–water partition coefficient (Wildman–Crippen LogP) is 6.33. The van der Waals surface area contributed by atoms with E-state index >= 15 is 0 Å². The topological polar surface area (TPSA) is 113 Å². The van der Waals surface area contributed by atoms with Crippen LogP contribution in [0.4, 0.5) is 0 Å². The van der Waals surface area contributed by atoms with Gasteiger partial charge in [0.05, 0.1) is 0 Å². The Kier molecular flexibility index (Phi) is 7.72. The molecule has 10 atom stereocenters. The van der Waals surface area contributed by atoms with Gasteiger partial charge < -0.3 is 9.47 Å². The van der Waals surface area contributed by atoms with E-state index in [4.69, 9.17) is 9.47 Å². The minimum atomic E-state index is -0.928. The molecule has 5 aliphatic carbocycles. The van der Waals surface area contributed by atoms with Crippen LogP contribution in [0.1, 0.15) is 106 Å². The Morgan fingerprint density at radius 3 is 2.22 bits per heavy atom. The third-order valence-electron chi connectivity index (χ3n) is 12.7. The van der Waals surface area contributed by atoms with Crippen molar-refractivity contribution < 1.29 is 28.8 Å². The van der Waals surface area contributed by atoms with Crippen LogP contribution in [-0.4, -0.2) is 41.4 Å². The lowest BCUT2D eigenvalue weighted by molar-refractivity contribution is -0.494. The fourth-order valence-electron chi connectivity index (χ4n) is 11.4. The number of hydrogen-bond acceptors (Lipinski definition) is 7. The van der Waals surface area contributed by atoms with Gasteiger partial charge in [0.25, 0.3) is 0 Å². The average molecular weight is 572 g/mol. The zero-order chi connectivity index (χ0) is 30.1. The highest BCUT2D eigenvalue weighted by atomic mass is 16.6. The Hall–Kier alpha value is -2.25. The average Bonchev–Trinajstić information content (AvgIpc) is 3.18. The summed E-state index contributed by atoms with van der Waals surface area (Å²) in [5.74, 6) is 1.30. The van der Waals surface area contributed by atoms with E-state index in [-0.39, 0.29) is 46.9 Å². The number of Topliss-reactive ketones (excluding diaryl/α,β-unsaturated/α-hetero) is 1. The largest absolute Gasteiger partial charge is 0.462 e. The molecule has 0 aliphatic heterocycles. The lowest BCUT2D eigenvalue weighted by atomic mass is 9.38. The molecule has 0 radical (unpaired) electrons. The first-order valence-corrected chi connectivity index (χ1v) is 15.9. The van der Waals surface area contributed by atoms with Gasteiger partial charge in [-0.1, -0.05) is 34.6 Å². The summed E-state index contributed by atoms with van der Waals surface area (Å²) in [4.78, 5) is 49.1. The molecule has 0 spiro atoms. The molecule has 8 heteroatoms. The maximum atomic E-state index is 13.7. The second-order valence-electron chi connectivity index (χ2n) is 14.9. The highest BCUT2D eigenvalue weighted by molar-refractivity contribution is 6.00. The zero-order valence-corrected chi connectivity index (χ0v) is 26.0. The molecule has 0 bridgehead atoms. The van der Waals surface area contributed by atoms with E-state index < -0.39 is 29.0 Å². The summed E-state index contributed by atoms with van der Waals surface area (Å²) in [5, 5.41) is 11.8. The van der Waals surface area contributed by atoms with Crippen molar-refractivity contribution in [3.8, 4) is 0 Å². The van der Waals surface area contributed by atoms with Crippen molar-refractivity contribution in [3.05, 3.63) is 21.3 Å². The Bertz CT molecular complexity index is 1140. The molecule has 0 N–H and O–H groups in total. The van der Waals surface area contributed by atoms with Crippen molar-refractivity contribution in [1.29, 1.82) is 0 Å². The highest BCUT2D eigenvalue weighted by Gasteiger charge is 2.66. The molecule has 0 aromatic carbocycles. The van der Waals surface area contributed by atoms with Gasteiger partial charge in [0.2, 0.25) is 6.54 Å². The van der Waals surface area contributed by atoms with Gasteiger partial charge in [-0.05, 0) is 109 Å². The summed E-state index contributed by atoms with van der Waals surface area (Å²) < 4.78 is 11.5. The summed E-state index contributed by atoms with van der Waals surface area (Å²) in [7, 11) is 0. The first-order chi connectivity index (χ1) is 19.2. The van der Waals surface area contributed by atoms with Crippen molar-refractivity contribution in [3.63, 3.8) is 0 Å². The molecule has 0 saturated heterocycles. The normalized spacial score (nSPS) is 42.5. The third kappa shape index (κ3) is 4.66. The van der Waals surface area contributed by atoms with Crippen molar-refractivity contribution >= 4 is 17.7 Å². The number of esters is 2. The molecule has 5 aliphatic rings. The number of fused-ring (bicyclic) bond motifs is 7. The lowest BCUT2D eigenvalue weighted by Crippen LogP contribution is -2.61. The summed E-state index contributed by atoms with van der Waals surface area (Å²) in [5.41, 5.74) is 1.42. The molecular formula is C33H49NO7. The summed E-state index contributed by atoms with van der Waals surface area (Å²) in [6.45, 7) is 13.7. The van der Waals surface area contributed by atoms with Crippen molar-refractivity contribution in [2.45, 2.75) is 118 Å². The number of hydrogen-bond donors (Lipinski definition) is 0. The van der Waals surface area contributed by atoms with Crippen LogP contribution >= 0.6 is 0 Å². The molecule has 8 nitrogen and oxygen atoms in total. The van der Waals surface area contributed by atoms with E-state index in [0.717, 1.165) is 56.1 Å². The van der Waals surface area contributed by atoms with E-state index in [2.05, 4.69) is 34.6 Å². The number of nitrogens with zero attached hydrogens (tertiary/aromatic N) is 1. The summed E-state index contributed by atoms with van der Waals surface area (Å²) in [6, 6.07) is 0. The Morgan fingerprint density at radius 1 is 0.976 bits per heavy atom. The van der Waals surface area contributed by atoms with Crippen LogP contribution in [0.15, 0.2) is 11.1 Å². The van der Waals surface area contributed by atoms with Crippen LogP contribution in [0.25, 0.3) is 0 Å². The van der Waals surface area contributed by atoms with Crippen molar-refractivity contribution in [2.24, 2.45) is 51.8 Å². The fraction of sp³-hybridized carbons (Fsp3) is 0.848. The van der Waals surface area contributed by atoms with E-state index in [1.54, 1.807) is 0 Å². The van der Waals surface area contributed by atoms with Crippen molar-refractivity contribution in [1.82, 2.24) is 0 Å². The SMILES string of the molecule is CC(=O)OC1CCC2(C)C(CCC3(C)C4CCC5(C(C[N+](=O)[O-])OC(C)=O)CC(=O)C(C(C)C)=C5C4CCC32)C1C. The van der Waals surface area contributed by atoms with Gasteiger partial charge in [-0.25, -0.2) is 0 Å². The molecule has 0 aromatic rings. The molecule has 4 saturated carbocycles. The maximum absolute atomic E-state index is 13.7. The molecule has 228 valence electrons. The number of carbonyl (C=O) groups is 3. The zero-order valence-electron chi connectivity index (χ0n) is 26.0. The number of allylic oxidation sites excluding steroid dienone is 1. The first-order valence-electron chi connectivity index (χ1n) is 15.9. The number of ether oxygens (including phenoxy) is 2. The van der Waals surface area contributed by atoms with Crippen LogP contribution in [0, 0.1) is 61.9 Å². The van der Waals surface area contributed by atoms with Crippen LogP contribution < -0.4 is 0 Å². The standard InChI is InChI=1S/C33H49NO7/c1-18(2)29-25(37)16-33(28(17-34(38)39)41-21(5)36)15-11-24-22(30(29)33)8-9-27-31(6)14-12-26(40-20(4)35)19(3)23(31)10-13-32(24,27)7/h18-19,22-24,26-28H,8-17H2,1-7H3. The number of ketones is 1. The molecular weight excluding hydrogens is 522 g/mol. The number of rotatable bonds is 6.